The minimum atomic E-state index is -0.401. The number of benzene rings is 1. The van der Waals surface area contributed by atoms with Gasteiger partial charge >= 0.3 is 0 Å². The molecule has 98 valence electrons. The average molecular weight is 250 g/mol. The molecular weight excluding hydrogens is 232 g/mol. The molecule has 18 heavy (non-hydrogen) atoms. The number of non-ortho nitro benzene ring substituents is 1. The van der Waals surface area contributed by atoms with Crippen LogP contribution in [0, 0.1) is 17.0 Å². The molecule has 5 heteroatoms. The molecule has 1 aromatic carbocycles. The highest BCUT2D eigenvalue weighted by molar-refractivity contribution is 5.41. The highest BCUT2D eigenvalue weighted by Crippen LogP contribution is 2.28. The van der Waals surface area contributed by atoms with Crippen LogP contribution in [-0.4, -0.2) is 18.6 Å². The first-order valence-electron chi connectivity index (χ1n) is 5.66. The monoisotopic (exact) mass is 250 g/mol. The van der Waals surface area contributed by atoms with Crippen LogP contribution in [0.2, 0.25) is 0 Å². The second kappa shape index (κ2) is 6.16. The van der Waals surface area contributed by atoms with Crippen molar-refractivity contribution in [1.29, 1.82) is 0 Å². The maximum Gasteiger partial charge on any atom is 0.269 e. The SMILES string of the molecule is C=C(CC(CN)c1cc([N+](=O)[O-])ccc1C)OC. The molecule has 1 aromatic rings. The molecule has 0 aromatic heterocycles. The van der Waals surface area contributed by atoms with Gasteiger partial charge in [0.25, 0.3) is 5.69 Å². The highest BCUT2D eigenvalue weighted by Gasteiger charge is 2.17. The summed E-state index contributed by atoms with van der Waals surface area (Å²) in [5.41, 5.74) is 7.68. The number of ether oxygens (including phenoxy) is 1. The van der Waals surface area contributed by atoms with Gasteiger partial charge in [-0.15, -0.1) is 0 Å². The Morgan fingerprint density at radius 3 is 2.78 bits per heavy atom. The molecule has 0 aliphatic rings. The van der Waals surface area contributed by atoms with Gasteiger partial charge in [-0.25, -0.2) is 0 Å². The van der Waals surface area contributed by atoms with Crippen molar-refractivity contribution in [3.05, 3.63) is 51.8 Å². The van der Waals surface area contributed by atoms with Crippen molar-refractivity contribution in [2.75, 3.05) is 13.7 Å². The van der Waals surface area contributed by atoms with E-state index in [0.717, 1.165) is 11.1 Å². The molecule has 0 saturated carbocycles. The van der Waals surface area contributed by atoms with E-state index in [4.69, 9.17) is 10.5 Å². The van der Waals surface area contributed by atoms with Crippen molar-refractivity contribution in [2.24, 2.45) is 5.73 Å². The number of rotatable bonds is 6. The molecule has 0 saturated heterocycles. The number of methoxy groups -OCH3 is 1. The van der Waals surface area contributed by atoms with Gasteiger partial charge in [-0.05, 0) is 24.6 Å². The number of nitrogens with zero attached hydrogens (tertiary/aromatic N) is 1. The van der Waals surface area contributed by atoms with E-state index in [9.17, 15) is 10.1 Å². The number of nitrogens with two attached hydrogens (primary N) is 1. The Balaban J connectivity index is 3.07. The van der Waals surface area contributed by atoms with E-state index < -0.39 is 4.92 Å². The molecular formula is C13H18N2O3. The summed E-state index contributed by atoms with van der Waals surface area (Å²) < 4.78 is 5.04. The molecule has 0 aliphatic carbocycles. The third-order valence-electron chi connectivity index (χ3n) is 2.96. The van der Waals surface area contributed by atoms with Crippen molar-refractivity contribution < 1.29 is 9.66 Å². The van der Waals surface area contributed by atoms with Gasteiger partial charge in [0.15, 0.2) is 0 Å². The number of hydrogen-bond acceptors (Lipinski definition) is 4. The minimum Gasteiger partial charge on any atom is -0.502 e. The van der Waals surface area contributed by atoms with Crippen LogP contribution in [0.3, 0.4) is 0 Å². The van der Waals surface area contributed by atoms with E-state index in [2.05, 4.69) is 6.58 Å². The quantitative estimate of drug-likeness (QED) is 0.478. The lowest BCUT2D eigenvalue weighted by Gasteiger charge is -2.18. The van der Waals surface area contributed by atoms with Gasteiger partial charge in [0.1, 0.15) is 0 Å². The molecule has 0 fully saturated rings. The average Bonchev–Trinajstić information content (AvgIpc) is 2.36. The lowest BCUT2D eigenvalue weighted by Crippen LogP contribution is -2.15. The molecule has 2 N–H and O–H groups in total. The molecule has 0 aliphatic heterocycles. The number of nitro benzene ring substituents is 1. The van der Waals surface area contributed by atoms with Gasteiger partial charge < -0.3 is 10.5 Å². The summed E-state index contributed by atoms with van der Waals surface area (Å²) in [5, 5.41) is 10.8. The third-order valence-corrected chi connectivity index (χ3v) is 2.96. The van der Waals surface area contributed by atoms with E-state index >= 15 is 0 Å². The van der Waals surface area contributed by atoms with Crippen LogP contribution in [0.1, 0.15) is 23.5 Å². The largest absolute Gasteiger partial charge is 0.502 e. The minimum absolute atomic E-state index is 0.0163. The van der Waals surface area contributed by atoms with Gasteiger partial charge in [-0.3, -0.25) is 10.1 Å². The smallest absolute Gasteiger partial charge is 0.269 e. The highest BCUT2D eigenvalue weighted by atomic mass is 16.6. The Morgan fingerprint density at radius 1 is 1.61 bits per heavy atom. The molecule has 0 bridgehead atoms. The van der Waals surface area contributed by atoms with Crippen molar-refractivity contribution in [3.8, 4) is 0 Å². The summed E-state index contributed by atoms with van der Waals surface area (Å²) in [6, 6.07) is 4.82. The van der Waals surface area contributed by atoms with Crippen molar-refractivity contribution in [3.63, 3.8) is 0 Å². The summed E-state index contributed by atoms with van der Waals surface area (Å²) in [6.45, 7) is 6.07. The summed E-state index contributed by atoms with van der Waals surface area (Å²) in [5.74, 6) is 0.605. The fourth-order valence-electron chi connectivity index (χ4n) is 1.86. The predicted molar refractivity (Wildman–Crippen MR) is 70.4 cm³/mol. The van der Waals surface area contributed by atoms with Crippen LogP contribution in [0.25, 0.3) is 0 Å². The van der Waals surface area contributed by atoms with Crippen LogP contribution in [0.4, 0.5) is 5.69 Å². The van der Waals surface area contributed by atoms with Gasteiger partial charge in [0.05, 0.1) is 17.8 Å². The van der Waals surface area contributed by atoms with Crippen LogP contribution < -0.4 is 5.73 Å². The maximum atomic E-state index is 10.8. The number of hydrogen-bond donors (Lipinski definition) is 1. The zero-order chi connectivity index (χ0) is 13.7. The molecule has 1 atom stereocenters. The van der Waals surface area contributed by atoms with Crippen LogP contribution in [-0.2, 0) is 4.74 Å². The van der Waals surface area contributed by atoms with E-state index in [0.29, 0.717) is 18.7 Å². The molecule has 0 heterocycles. The van der Waals surface area contributed by atoms with Crippen molar-refractivity contribution in [2.45, 2.75) is 19.3 Å². The Kier molecular flexibility index (Phi) is 4.85. The number of allylic oxidation sites excluding steroid dienone is 1. The normalized spacial score (nSPS) is 11.9. The van der Waals surface area contributed by atoms with E-state index in [1.54, 1.807) is 19.2 Å². The number of aryl methyl sites for hydroxylation is 1. The van der Waals surface area contributed by atoms with Crippen LogP contribution >= 0.6 is 0 Å². The van der Waals surface area contributed by atoms with Crippen molar-refractivity contribution in [1.82, 2.24) is 0 Å². The second-order valence-electron chi connectivity index (χ2n) is 4.18. The number of nitro groups is 1. The Labute approximate surface area is 106 Å². The fraction of sp³-hybridized carbons (Fsp3) is 0.385. The summed E-state index contributed by atoms with van der Waals surface area (Å²) in [6.07, 6.45) is 0.564. The Hall–Kier alpha value is -1.88. The summed E-state index contributed by atoms with van der Waals surface area (Å²) >= 11 is 0. The lowest BCUT2D eigenvalue weighted by atomic mass is 9.91. The van der Waals surface area contributed by atoms with Crippen LogP contribution in [0.5, 0.6) is 0 Å². The second-order valence-corrected chi connectivity index (χ2v) is 4.18. The molecule has 1 unspecified atom stereocenters. The topological polar surface area (TPSA) is 78.4 Å². The predicted octanol–water partition coefficient (Wildman–Crippen LogP) is 2.50. The zero-order valence-corrected chi connectivity index (χ0v) is 10.7. The molecule has 0 radical (unpaired) electrons. The van der Waals surface area contributed by atoms with Gasteiger partial charge in [0.2, 0.25) is 0 Å². The first-order valence-corrected chi connectivity index (χ1v) is 5.66. The third kappa shape index (κ3) is 3.30. The zero-order valence-electron chi connectivity index (χ0n) is 10.7. The first kappa shape index (κ1) is 14.2. The summed E-state index contributed by atoms with van der Waals surface area (Å²) in [4.78, 5) is 10.4. The van der Waals surface area contributed by atoms with Gasteiger partial charge in [-0.1, -0.05) is 12.6 Å². The first-order chi connectivity index (χ1) is 8.49. The fourth-order valence-corrected chi connectivity index (χ4v) is 1.86. The molecule has 5 nitrogen and oxygen atoms in total. The molecule has 0 spiro atoms. The van der Waals surface area contributed by atoms with Crippen molar-refractivity contribution >= 4 is 5.69 Å². The molecule has 1 rings (SSSR count). The van der Waals surface area contributed by atoms with Gasteiger partial charge in [-0.2, -0.15) is 0 Å². The standard InChI is InChI=1S/C13H18N2O3/c1-9-4-5-12(15(16)17)7-13(9)11(8-14)6-10(2)18-3/h4-5,7,11H,2,6,8,14H2,1,3H3. The summed E-state index contributed by atoms with van der Waals surface area (Å²) in [7, 11) is 1.55. The van der Waals surface area contributed by atoms with E-state index in [1.807, 2.05) is 6.92 Å². The molecule has 0 amide bonds. The van der Waals surface area contributed by atoms with Crippen LogP contribution in [0.15, 0.2) is 30.5 Å². The van der Waals surface area contributed by atoms with E-state index in [1.165, 1.54) is 6.07 Å². The van der Waals surface area contributed by atoms with E-state index in [-0.39, 0.29) is 11.6 Å². The Bertz CT molecular complexity index is 458. The lowest BCUT2D eigenvalue weighted by molar-refractivity contribution is -0.384. The van der Waals surface area contributed by atoms with Gasteiger partial charge in [0, 0.05) is 24.5 Å². The maximum absolute atomic E-state index is 10.8. The Morgan fingerprint density at radius 2 is 2.28 bits per heavy atom.